The highest BCUT2D eigenvalue weighted by Gasteiger charge is 2.42. The third kappa shape index (κ3) is 4.10. The zero-order valence-electron chi connectivity index (χ0n) is 10.8. The van der Waals surface area contributed by atoms with E-state index in [1.165, 1.54) is 7.05 Å². The van der Waals surface area contributed by atoms with E-state index < -0.39 is 15.4 Å². The number of amides is 1. The summed E-state index contributed by atoms with van der Waals surface area (Å²) in [6.07, 6.45) is 0.847. The van der Waals surface area contributed by atoms with Crippen molar-refractivity contribution < 1.29 is 17.9 Å². The molecular formula is C10H19N3O4S2. The molecule has 1 aliphatic rings. The Morgan fingerprint density at radius 3 is 2.47 bits per heavy atom. The molecule has 0 bridgehead atoms. The largest absolute Gasteiger partial charge is 0.392 e. The highest BCUT2D eigenvalue weighted by molar-refractivity contribution is 7.89. The van der Waals surface area contributed by atoms with Gasteiger partial charge in [-0.05, 0) is 19.9 Å². The van der Waals surface area contributed by atoms with Gasteiger partial charge in [0.05, 0.1) is 10.7 Å². The minimum atomic E-state index is -3.34. The van der Waals surface area contributed by atoms with Crippen LogP contribution in [0.25, 0.3) is 0 Å². The molecule has 0 aliphatic carbocycles. The summed E-state index contributed by atoms with van der Waals surface area (Å²) in [7, 11) is -2.01. The van der Waals surface area contributed by atoms with Crippen molar-refractivity contribution in [1.29, 1.82) is 0 Å². The molecule has 1 aliphatic heterocycles. The van der Waals surface area contributed by atoms with E-state index in [0.29, 0.717) is 26.1 Å². The van der Waals surface area contributed by atoms with Crippen molar-refractivity contribution in [2.45, 2.75) is 12.8 Å². The van der Waals surface area contributed by atoms with Crippen LogP contribution in [0.15, 0.2) is 0 Å². The maximum Gasteiger partial charge on any atom is 0.233 e. The minimum absolute atomic E-state index is 0.0211. The number of ether oxygens (including phenoxy) is 1. The lowest BCUT2D eigenvalue weighted by atomic mass is 9.79. The average molecular weight is 309 g/mol. The van der Waals surface area contributed by atoms with Crippen LogP contribution in [0, 0.1) is 5.41 Å². The second-order valence-electron chi connectivity index (χ2n) is 4.34. The monoisotopic (exact) mass is 309 g/mol. The van der Waals surface area contributed by atoms with E-state index in [2.05, 4.69) is 10.0 Å². The summed E-state index contributed by atoms with van der Waals surface area (Å²) in [4.78, 5) is 12.3. The fourth-order valence-corrected chi connectivity index (χ4v) is 2.75. The molecule has 0 aromatic rings. The van der Waals surface area contributed by atoms with Gasteiger partial charge in [0.1, 0.15) is 5.41 Å². The molecule has 0 unspecified atom stereocenters. The third-order valence-electron chi connectivity index (χ3n) is 3.22. The number of hydrogen-bond acceptors (Lipinski definition) is 5. The lowest BCUT2D eigenvalue weighted by molar-refractivity contribution is -0.131. The Labute approximate surface area is 118 Å². The highest BCUT2D eigenvalue weighted by Crippen LogP contribution is 2.31. The van der Waals surface area contributed by atoms with Crippen LogP contribution in [0.1, 0.15) is 12.8 Å². The van der Waals surface area contributed by atoms with Crippen molar-refractivity contribution in [3.8, 4) is 0 Å². The molecule has 9 heteroatoms. The van der Waals surface area contributed by atoms with Gasteiger partial charge in [-0.3, -0.25) is 4.79 Å². The van der Waals surface area contributed by atoms with Crippen LogP contribution in [-0.2, 0) is 19.6 Å². The molecule has 0 saturated carbocycles. The number of thiocarbonyl (C=S) groups is 1. The molecule has 1 fully saturated rings. The predicted molar refractivity (Wildman–Crippen MR) is 75.1 cm³/mol. The normalized spacial score (nSPS) is 18.8. The maximum absolute atomic E-state index is 12.2. The minimum Gasteiger partial charge on any atom is -0.392 e. The van der Waals surface area contributed by atoms with Crippen molar-refractivity contribution in [3.05, 3.63) is 0 Å². The number of nitrogens with two attached hydrogens (primary N) is 1. The third-order valence-corrected chi connectivity index (χ3v) is 4.97. The Bertz CT molecular complexity index is 444. The average Bonchev–Trinajstić information content (AvgIpc) is 2.39. The van der Waals surface area contributed by atoms with Crippen molar-refractivity contribution >= 4 is 33.1 Å². The molecular weight excluding hydrogens is 290 g/mol. The Balaban J connectivity index is 2.62. The Morgan fingerprint density at radius 1 is 1.42 bits per heavy atom. The van der Waals surface area contributed by atoms with Gasteiger partial charge in [0, 0.05) is 19.8 Å². The smallest absolute Gasteiger partial charge is 0.233 e. The van der Waals surface area contributed by atoms with Crippen LogP contribution < -0.4 is 15.8 Å². The van der Waals surface area contributed by atoms with Crippen molar-refractivity contribution in [2.24, 2.45) is 11.1 Å². The summed E-state index contributed by atoms with van der Waals surface area (Å²) in [5.74, 6) is -0.506. The van der Waals surface area contributed by atoms with Crippen molar-refractivity contribution in [1.82, 2.24) is 10.0 Å². The van der Waals surface area contributed by atoms with Crippen LogP contribution in [0.3, 0.4) is 0 Å². The highest BCUT2D eigenvalue weighted by atomic mass is 32.2. The molecule has 0 aromatic heterocycles. The fourth-order valence-electron chi connectivity index (χ4n) is 1.88. The summed E-state index contributed by atoms with van der Waals surface area (Å²) in [6.45, 7) is 0.854. The molecule has 1 amide bonds. The first-order chi connectivity index (χ1) is 8.84. The Morgan fingerprint density at radius 2 is 2.00 bits per heavy atom. The molecule has 0 atom stereocenters. The van der Waals surface area contributed by atoms with Gasteiger partial charge in [-0.2, -0.15) is 0 Å². The van der Waals surface area contributed by atoms with Gasteiger partial charge < -0.3 is 15.8 Å². The first kappa shape index (κ1) is 16.3. The molecule has 110 valence electrons. The van der Waals surface area contributed by atoms with Crippen LogP contribution in [-0.4, -0.2) is 51.9 Å². The lowest BCUT2D eigenvalue weighted by Crippen LogP contribution is -2.52. The summed E-state index contributed by atoms with van der Waals surface area (Å²) < 4.78 is 29.9. The first-order valence-electron chi connectivity index (χ1n) is 5.91. The van der Waals surface area contributed by atoms with E-state index in [4.69, 9.17) is 22.7 Å². The van der Waals surface area contributed by atoms with Crippen LogP contribution in [0.2, 0.25) is 0 Å². The lowest BCUT2D eigenvalue weighted by Gasteiger charge is -2.34. The first-order valence-corrected chi connectivity index (χ1v) is 7.97. The van der Waals surface area contributed by atoms with Gasteiger partial charge in [-0.25, -0.2) is 13.1 Å². The summed E-state index contributed by atoms with van der Waals surface area (Å²) in [5, 5.41) is 2.58. The van der Waals surface area contributed by atoms with E-state index >= 15 is 0 Å². The molecule has 1 heterocycles. The number of nitrogens with one attached hydrogen (secondary N) is 2. The molecule has 7 nitrogen and oxygen atoms in total. The number of carbonyl (C=O) groups excluding carboxylic acids is 1. The summed E-state index contributed by atoms with van der Waals surface area (Å²) >= 11 is 4.98. The van der Waals surface area contributed by atoms with Gasteiger partial charge in [0.2, 0.25) is 15.9 Å². The van der Waals surface area contributed by atoms with Gasteiger partial charge in [-0.15, -0.1) is 0 Å². The number of carbonyl (C=O) groups is 1. The van der Waals surface area contributed by atoms with Crippen LogP contribution >= 0.6 is 12.2 Å². The second-order valence-corrected chi connectivity index (χ2v) is 6.82. The summed E-state index contributed by atoms with van der Waals surface area (Å²) in [5.41, 5.74) is 4.75. The van der Waals surface area contributed by atoms with Gasteiger partial charge in [-0.1, -0.05) is 12.2 Å². The van der Waals surface area contributed by atoms with Crippen molar-refractivity contribution in [3.63, 3.8) is 0 Å². The number of hydrogen-bond donors (Lipinski definition) is 3. The zero-order chi connectivity index (χ0) is 14.5. The standard InChI is InChI=1S/C10H19N3O4S2/c1-12-19(15,16)7-4-13-9(14)10(8(11)18)2-5-17-6-3-10/h12H,2-7H2,1H3,(H2,11,18)(H,13,14). The number of sulfonamides is 1. The quantitative estimate of drug-likeness (QED) is 0.528. The second kappa shape index (κ2) is 6.60. The maximum atomic E-state index is 12.2. The van der Waals surface area contributed by atoms with Crippen molar-refractivity contribution in [2.75, 3.05) is 32.6 Å². The van der Waals surface area contributed by atoms with E-state index in [1.54, 1.807) is 0 Å². The zero-order valence-corrected chi connectivity index (χ0v) is 12.4. The number of rotatable bonds is 6. The molecule has 1 rings (SSSR count). The Kier molecular flexibility index (Phi) is 5.65. The van der Waals surface area contributed by atoms with E-state index in [9.17, 15) is 13.2 Å². The predicted octanol–water partition coefficient (Wildman–Crippen LogP) is -1.27. The van der Waals surface area contributed by atoms with E-state index in [-0.39, 0.29) is 23.2 Å². The molecule has 19 heavy (non-hydrogen) atoms. The SMILES string of the molecule is CNS(=O)(=O)CCNC(=O)C1(C(N)=S)CCOCC1. The molecule has 0 aromatic carbocycles. The fraction of sp³-hybridized carbons (Fsp3) is 0.800. The van der Waals surface area contributed by atoms with E-state index in [0.717, 1.165) is 0 Å². The van der Waals surface area contributed by atoms with Gasteiger partial charge >= 0.3 is 0 Å². The summed E-state index contributed by atoms with van der Waals surface area (Å²) in [6, 6.07) is 0. The molecule has 4 N–H and O–H groups in total. The van der Waals surface area contributed by atoms with Crippen LogP contribution in [0.5, 0.6) is 0 Å². The Hall–Kier alpha value is -0.770. The van der Waals surface area contributed by atoms with Gasteiger partial charge in [0.25, 0.3) is 0 Å². The van der Waals surface area contributed by atoms with E-state index in [1.807, 2.05) is 0 Å². The van der Waals surface area contributed by atoms with Crippen LogP contribution in [0.4, 0.5) is 0 Å². The molecule has 0 spiro atoms. The van der Waals surface area contributed by atoms with Gasteiger partial charge in [0.15, 0.2) is 0 Å². The molecule has 1 saturated heterocycles. The molecule has 0 radical (unpaired) electrons. The topological polar surface area (TPSA) is 111 Å².